The average molecular weight is 292 g/mol. The lowest BCUT2D eigenvalue weighted by Crippen LogP contribution is -2.29. The highest BCUT2D eigenvalue weighted by atomic mass is 16.5. The van der Waals surface area contributed by atoms with Gasteiger partial charge in [-0.2, -0.15) is 0 Å². The number of aryl methyl sites for hydroxylation is 1. The second kappa shape index (κ2) is 8.67. The van der Waals surface area contributed by atoms with Gasteiger partial charge >= 0.3 is 0 Å². The minimum atomic E-state index is 0.0768. The van der Waals surface area contributed by atoms with Crippen molar-refractivity contribution in [2.75, 3.05) is 19.7 Å². The van der Waals surface area contributed by atoms with Crippen LogP contribution in [0.25, 0.3) is 0 Å². The lowest BCUT2D eigenvalue weighted by molar-refractivity contribution is -0.121. The van der Waals surface area contributed by atoms with Crippen LogP contribution in [0.15, 0.2) is 24.3 Å². The van der Waals surface area contributed by atoms with Gasteiger partial charge in [-0.1, -0.05) is 26.0 Å². The van der Waals surface area contributed by atoms with Crippen LogP contribution in [0.3, 0.4) is 0 Å². The molecule has 1 aromatic carbocycles. The van der Waals surface area contributed by atoms with Crippen molar-refractivity contribution >= 4 is 5.91 Å². The number of amides is 1. The van der Waals surface area contributed by atoms with Crippen molar-refractivity contribution in [3.8, 4) is 5.75 Å². The van der Waals surface area contributed by atoms with Crippen LogP contribution in [0.4, 0.5) is 0 Å². The molecule has 0 bridgehead atoms. The van der Waals surface area contributed by atoms with Crippen molar-refractivity contribution in [2.45, 2.75) is 40.0 Å². The average Bonchev–Trinajstić information content (AvgIpc) is 2.42. The number of nitrogens with two attached hydrogens (primary N) is 1. The van der Waals surface area contributed by atoms with Gasteiger partial charge in [0.2, 0.25) is 5.91 Å². The van der Waals surface area contributed by atoms with Gasteiger partial charge in [0.15, 0.2) is 0 Å². The molecule has 1 amide bonds. The standard InChI is InChI=1S/C17H28N2O2/c1-14-5-4-6-15(13-14)21-12-11-19-16(20)7-8-17(2,3)9-10-18/h4-6,13H,7-12,18H2,1-3H3,(H,19,20). The number of benzene rings is 1. The third-order valence-corrected chi connectivity index (χ3v) is 3.53. The molecule has 4 heteroatoms. The highest BCUT2D eigenvalue weighted by Crippen LogP contribution is 2.25. The number of rotatable bonds is 9. The van der Waals surface area contributed by atoms with E-state index in [1.165, 1.54) is 5.56 Å². The van der Waals surface area contributed by atoms with Crippen LogP contribution < -0.4 is 15.8 Å². The Kier molecular flexibility index (Phi) is 7.23. The molecular formula is C17H28N2O2. The van der Waals surface area contributed by atoms with E-state index in [1.807, 2.05) is 31.2 Å². The molecule has 3 N–H and O–H groups in total. The summed E-state index contributed by atoms with van der Waals surface area (Å²) in [5.74, 6) is 0.918. The minimum absolute atomic E-state index is 0.0768. The highest BCUT2D eigenvalue weighted by Gasteiger charge is 2.17. The number of carbonyl (C=O) groups is 1. The highest BCUT2D eigenvalue weighted by molar-refractivity contribution is 5.75. The maximum Gasteiger partial charge on any atom is 0.220 e. The van der Waals surface area contributed by atoms with Crippen LogP contribution in [-0.4, -0.2) is 25.6 Å². The first-order valence-electron chi connectivity index (χ1n) is 7.59. The molecule has 0 fully saturated rings. The predicted molar refractivity (Wildman–Crippen MR) is 86.4 cm³/mol. The maximum absolute atomic E-state index is 11.8. The normalized spacial score (nSPS) is 11.2. The quantitative estimate of drug-likeness (QED) is 0.688. The molecule has 0 aliphatic heterocycles. The van der Waals surface area contributed by atoms with Crippen molar-refractivity contribution < 1.29 is 9.53 Å². The first-order chi connectivity index (χ1) is 9.93. The molecule has 0 saturated heterocycles. The van der Waals surface area contributed by atoms with E-state index in [-0.39, 0.29) is 11.3 Å². The van der Waals surface area contributed by atoms with Gasteiger partial charge in [0.05, 0.1) is 6.54 Å². The molecule has 0 atom stereocenters. The number of hydrogen-bond donors (Lipinski definition) is 2. The van der Waals surface area contributed by atoms with E-state index in [0.29, 0.717) is 26.1 Å². The van der Waals surface area contributed by atoms with Gasteiger partial charge in [-0.3, -0.25) is 4.79 Å². The summed E-state index contributed by atoms with van der Waals surface area (Å²) >= 11 is 0. The molecule has 118 valence electrons. The molecule has 0 aromatic heterocycles. The van der Waals surface area contributed by atoms with Crippen LogP contribution in [-0.2, 0) is 4.79 Å². The van der Waals surface area contributed by atoms with Gasteiger partial charge in [0, 0.05) is 6.42 Å². The fourth-order valence-electron chi connectivity index (χ4n) is 2.12. The molecule has 0 spiro atoms. The van der Waals surface area contributed by atoms with E-state index in [1.54, 1.807) is 0 Å². The van der Waals surface area contributed by atoms with Crippen LogP contribution in [0.1, 0.15) is 38.7 Å². The third-order valence-electron chi connectivity index (χ3n) is 3.53. The summed E-state index contributed by atoms with van der Waals surface area (Å²) in [5, 5.41) is 2.89. The summed E-state index contributed by atoms with van der Waals surface area (Å²) in [6, 6.07) is 7.89. The Morgan fingerprint density at radius 2 is 2.10 bits per heavy atom. The number of ether oxygens (including phenoxy) is 1. The molecule has 0 heterocycles. The van der Waals surface area contributed by atoms with Crippen molar-refractivity contribution in [3.63, 3.8) is 0 Å². The summed E-state index contributed by atoms with van der Waals surface area (Å²) in [6.07, 6.45) is 2.34. The second-order valence-corrected chi connectivity index (χ2v) is 6.22. The minimum Gasteiger partial charge on any atom is -0.492 e. The Labute approximate surface area is 128 Å². The summed E-state index contributed by atoms with van der Waals surface area (Å²) in [6.45, 7) is 8.00. The SMILES string of the molecule is Cc1cccc(OCCNC(=O)CCC(C)(C)CCN)c1. The molecule has 0 aliphatic rings. The van der Waals surface area contributed by atoms with E-state index < -0.39 is 0 Å². The van der Waals surface area contributed by atoms with Crippen molar-refractivity contribution in [1.82, 2.24) is 5.32 Å². The monoisotopic (exact) mass is 292 g/mol. The Morgan fingerprint density at radius 3 is 2.76 bits per heavy atom. The molecule has 21 heavy (non-hydrogen) atoms. The van der Waals surface area contributed by atoms with E-state index >= 15 is 0 Å². The lowest BCUT2D eigenvalue weighted by atomic mass is 9.84. The Bertz CT molecular complexity index is 444. The molecule has 1 rings (SSSR count). The van der Waals surface area contributed by atoms with Crippen LogP contribution >= 0.6 is 0 Å². The maximum atomic E-state index is 11.8. The van der Waals surface area contributed by atoms with Gasteiger partial charge < -0.3 is 15.8 Å². The summed E-state index contributed by atoms with van der Waals surface area (Å²) in [7, 11) is 0. The summed E-state index contributed by atoms with van der Waals surface area (Å²) in [4.78, 5) is 11.8. The van der Waals surface area contributed by atoms with Crippen molar-refractivity contribution in [1.29, 1.82) is 0 Å². The van der Waals surface area contributed by atoms with Crippen LogP contribution in [0, 0.1) is 12.3 Å². The fourth-order valence-corrected chi connectivity index (χ4v) is 2.12. The smallest absolute Gasteiger partial charge is 0.220 e. The zero-order valence-electron chi connectivity index (χ0n) is 13.4. The molecule has 0 radical (unpaired) electrons. The Morgan fingerprint density at radius 1 is 1.33 bits per heavy atom. The topological polar surface area (TPSA) is 64.3 Å². The van der Waals surface area contributed by atoms with E-state index in [2.05, 4.69) is 19.2 Å². The van der Waals surface area contributed by atoms with Gasteiger partial charge in [-0.25, -0.2) is 0 Å². The lowest BCUT2D eigenvalue weighted by Gasteiger charge is -2.23. The van der Waals surface area contributed by atoms with E-state index in [9.17, 15) is 4.79 Å². The largest absolute Gasteiger partial charge is 0.492 e. The first-order valence-corrected chi connectivity index (χ1v) is 7.59. The van der Waals surface area contributed by atoms with Gasteiger partial charge in [0.1, 0.15) is 12.4 Å². The fraction of sp³-hybridized carbons (Fsp3) is 0.588. The van der Waals surface area contributed by atoms with Gasteiger partial charge in [0.25, 0.3) is 0 Å². The molecular weight excluding hydrogens is 264 g/mol. The zero-order chi connectivity index (χ0) is 15.7. The second-order valence-electron chi connectivity index (χ2n) is 6.22. The van der Waals surface area contributed by atoms with Crippen molar-refractivity contribution in [3.05, 3.63) is 29.8 Å². The number of nitrogens with one attached hydrogen (secondary N) is 1. The molecule has 1 aromatic rings. The van der Waals surface area contributed by atoms with Gasteiger partial charge in [-0.05, 0) is 49.4 Å². The Balaban J connectivity index is 2.16. The summed E-state index contributed by atoms with van der Waals surface area (Å²) < 4.78 is 5.59. The van der Waals surface area contributed by atoms with Crippen LogP contribution in [0.2, 0.25) is 0 Å². The third kappa shape index (κ3) is 7.71. The predicted octanol–water partition coefficient (Wildman–Crippen LogP) is 2.65. The number of carbonyl (C=O) groups excluding carboxylic acids is 1. The van der Waals surface area contributed by atoms with Crippen molar-refractivity contribution in [2.24, 2.45) is 11.1 Å². The Hall–Kier alpha value is -1.55. The van der Waals surface area contributed by atoms with E-state index in [4.69, 9.17) is 10.5 Å². The van der Waals surface area contributed by atoms with Crippen LogP contribution in [0.5, 0.6) is 5.75 Å². The molecule has 0 saturated carbocycles. The van der Waals surface area contributed by atoms with E-state index in [0.717, 1.165) is 18.6 Å². The first kappa shape index (κ1) is 17.5. The summed E-state index contributed by atoms with van der Waals surface area (Å²) in [5.41, 5.74) is 6.86. The van der Waals surface area contributed by atoms with Gasteiger partial charge in [-0.15, -0.1) is 0 Å². The molecule has 0 aliphatic carbocycles. The number of hydrogen-bond acceptors (Lipinski definition) is 3. The molecule has 0 unspecified atom stereocenters. The molecule has 4 nitrogen and oxygen atoms in total. The zero-order valence-corrected chi connectivity index (χ0v) is 13.4.